The Hall–Kier alpha value is -3.21. The molecule has 1 aromatic heterocycles. The Kier molecular flexibility index (Phi) is 4.75. The first-order chi connectivity index (χ1) is 12.0. The molecule has 1 N–H and O–H groups in total. The molecule has 0 spiro atoms. The smallest absolute Gasteiger partial charge is 0.271 e. The SMILES string of the molecule is Cc1ccc(C)n1-c1ccc(C(=O)N/N=C\c2cccc(F)c2)cc1. The molecule has 25 heavy (non-hydrogen) atoms. The van der Waals surface area contributed by atoms with Crippen LogP contribution >= 0.6 is 0 Å². The van der Waals surface area contributed by atoms with E-state index in [1.165, 1.54) is 18.3 Å². The average molecular weight is 335 g/mol. The second-order valence-electron chi connectivity index (χ2n) is 5.75. The molecule has 0 radical (unpaired) electrons. The minimum absolute atomic E-state index is 0.319. The molecule has 0 saturated carbocycles. The predicted octanol–water partition coefficient (Wildman–Crippen LogP) is 4.00. The molecular weight excluding hydrogens is 317 g/mol. The lowest BCUT2D eigenvalue weighted by atomic mass is 10.2. The molecule has 126 valence electrons. The molecule has 1 amide bonds. The fourth-order valence-electron chi connectivity index (χ4n) is 2.65. The first-order valence-corrected chi connectivity index (χ1v) is 7.89. The summed E-state index contributed by atoms with van der Waals surface area (Å²) in [5.74, 6) is -0.665. The second kappa shape index (κ2) is 7.13. The van der Waals surface area contributed by atoms with Crippen molar-refractivity contribution < 1.29 is 9.18 Å². The first kappa shape index (κ1) is 16.6. The summed E-state index contributed by atoms with van der Waals surface area (Å²) < 4.78 is 15.2. The van der Waals surface area contributed by atoms with Crippen molar-refractivity contribution in [2.45, 2.75) is 13.8 Å². The van der Waals surface area contributed by atoms with E-state index in [1.807, 2.05) is 26.0 Å². The highest BCUT2D eigenvalue weighted by atomic mass is 19.1. The lowest BCUT2D eigenvalue weighted by Crippen LogP contribution is -2.17. The van der Waals surface area contributed by atoms with Crippen LogP contribution in [-0.2, 0) is 0 Å². The van der Waals surface area contributed by atoms with Crippen LogP contribution in [0.5, 0.6) is 0 Å². The Morgan fingerprint density at radius 3 is 2.36 bits per heavy atom. The van der Waals surface area contributed by atoms with Crippen LogP contribution in [0.25, 0.3) is 5.69 Å². The van der Waals surface area contributed by atoms with E-state index in [1.54, 1.807) is 24.3 Å². The monoisotopic (exact) mass is 335 g/mol. The van der Waals surface area contributed by atoms with Crippen molar-refractivity contribution in [3.8, 4) is 5.69 Å². The van der Waals surface area contributed by atoms with Gasteiger partial charge in [-0.05, 0) is 67.9 Å². The maximum atomic E-state index is 13.1. The number of nitrogens with one attached hydrogen (secondary N) is 1. The van der Waals surface area contributed by atoms with Crippen LogP contribution in [0.4, 0.5) is 4.39 Å². The topological polar surface area (TPSA) is 46.4 Å². The summed E-state index contributed by atoms with van der Waals surface area (Å²) in [6, 6.07) is 17.4. The number of halogens is 1. The van der Waals surface area contributed by atoms with E-state index in [0.29, 0.717) is 11.1 Å². The fraction of sp³-hybridized carbons (Fsp3) is 0.100. The molecule has 0 saturated heterocycles. The molecular formula is C20H18FN3O. The number of hydrogen-bond donors (Lipinski definition) is 1. The van der Waals surface area contributed by atoms with Crippen LogP contribution in [-0.4, -0.2) is 16.7 Å². The number of hydrazone groups is 1. The highest BCUT2D eigenvalue weighted by Gasteiger charge is 2.07. The van der Waals surface area contributed by atoms with Crippen LogP contribution in [0.2, 0.25) is 0 Å². The highest BCUT2D eigenvalue weighted by Crippen LogP contribution is 2.16. The lowest BCUT2D eigenvalue weighted by Gasteiger charge is -2.10. The Labute approximate surface area is 145 Å². The molecule has 0 aliphatic heterocycles. The van der Waals surface area contributed by atoms with Crippen LogP contribution in [0.1, 0.15) is 27.3 Å². The van der Waals surface area contributed by atoms with Gasteiger partial charge in [-0.25, -0.2) is 9.82 Å². The van der Waals surface area contributed by atoms with Gasteiger partial charge in [0.25, 0.3) is 5.91 Å². The standard InChI is InChI=1S/C20H18FN3O/c1-14-6-7-15(2)24(14)19-10-8-17(9-11-19)20(25)23-22-13-16-4-3-5-18(21)12-16/h3-13H,1-2H3,(H,23,25)/b22-13-. The minimum Gasteiger partial charge on any atom is -0.319 e. The van der Waals surface area contributed by atoms with Gasteiger partial charge in [0.05, 0.1) is 6.21 Å². The maximum Gasteiger partial charge on any atom is 0.271 e. The Morgan fingerprint density at radius 1 is 1.04 bits per heavy atom. The van der Waals surface area contributed by atoms with E-state index in [2.05, 4.69) is 27.2 Å². The minimum atomic E-state index is -0.346. The summed E-state index contributed by atoms with van der Waals surface area (Å²) >= 11 is 0. The van der Waals surface area contributed by atoms with Gasteiger partial charge in [-0.2, -0.15) is 5.10 Å². The molecule has 0 bridgehead atoms. The molecule has 0 aliphatic carbocycles. The molecule has 1 heterocycles. The quantitative estimate of drug-likeness (QED) is 0.568. The number of aryl methyl sites for hydroxylation is 2. The van der Waals surface area contributed by atoms with Gasteiger partial charge in [0, 0.05) is 22.6 Å². The molecule has 0 fully saturated rings. The summed E-state index contributed by atoms with van der Waals surface area (Å²) in [5.41, 5.74) is 6.79. The van der Waals surface area contributed by atoms with Gasteiger partial charge in [0.15, 0.2) is 0 Å². The van der Waals surface area contributed by atoms with Crippen molar-refractivity contribution in [1.82, 2.24) is 9.99 Å². The number of benzene rings is 2. The van der Waals surface area contributed by atoms with E-state index < -0.39 is 0 Å². The van der Waals surface area contributed by atoms with Gasteiger partial charge in [-0.15, -0.1) is 0 Å². The molecule has 4 nitrogen and oxygen atoms in total. The zero-order chi connectivity index (χ0) is 17.8. The Bertz CT molecular complexity index is 907. The molecule has 5 heteroatoms. The van der Waals surface area contributed by atoms with Gasteiger partial charge in [-0.3, -0.25) is 4.79 Å². The van der Waals surface area contributed by atoms with E-state index in [-0.39, 0.29) is 11.7 Å². The van der Waals surface area contributed by atoms with Gasteiger partial charge in [0.1, 0.15) is 5.82 Å². The zero-order valence-electron chi connectivity index (χ0n) is 14.0. The van der Waals surface area contributed by atoms with Crippen molar-refractivity contribution in [2.24, 2.45) is 5.10 Å². The van der Waals surface area contributed by atoms with Gasteiger partial charge >= 0.3 is 0 Å². The van der Waals surface area contributed by atoms with Crippen molar-refractivity contribution in [3.63, 3.8) is 0 Å². The fourth-order valence-corrected chi connectivity index (χ4v) is 2.65. The summed E-state index contributed by atoms with van der Waals surface area (Å²) in [6.45, 7) is 4.07. The third kappa shape index (κ3) is 3.83. The third-order valence-electron chi connectivity index (χ3n) is 3.89. The predicted molar refractivity (Wildman–Crippen MR) is 96.7 cm³/mol. The van der Waals surface area contributed by atoms with Gasteiger partial charge in [-0.1, -0.05) is 12.1 Å². The van der Waals surface area contributed by atoms with Crippen molar-refractivity contribution in [2.75, 3.05) is 0 Å². The van der Waals surface area contributed by atoms with Crippen LogP contribution in [0, 0.1) is 19.7 Å². The second-order valence-corrected chi connectivity index (χ2v) is 5.75. The zero-order valence-corrected chi connectivity index (χ0v) is 14.0. The van der Waals surface area contributed by atoms with E-state index in [0.717, 1.165) is 17.1 Å². The van der Waals surface area contributed by atoms with Crippen molar-refractivity contribution in [3.05, 3.63) is 89.0 Å². The number of amides is 1. The molecule has 0 aliphatic rings. The van der Waals surface area contributed by atoms with E-state index in [9.17, 15) is 9.18 Å². The number of aromatic nitrogens is 1. The highest BCUT2D eigenvalue weighted by molar-refractivity contribution is 5.95. The Balaban J connectivity index is 1.69. The molecule has 3 aromatic rings. The van der Waals surface area contributed by atoms with Gasteiger partial charge < -0.3 is 4.57 Å². The number of hydrogen-bond acceptors (Lipinski definition) is 2. The van der Waals surface area contributed by atoms with Crippen LogP contribution in [0.3, 0.4) is 0 Å². The van der Waals surface area contributed by atoms with E-state index in [4.69, 9.17) is 0 Å². The average Bonchev–Trinajstić information content (AvgIpc) is 2.94. The maximum absolute atomic E-state index is 13.1. The summed E-state index contributed by atoms with van der Waals surface area (Å²) in [5, 5.41) is 3.86. The van der Waals surface area contributed by atoms with Gasteiger partial charge in [0.2, 0.25) is 0 Å². The summed E-state index contributed by atoms with van der Waals surface area (Å²) in [6.07, 6.45) is 1.40. The lowest BCUT2D eigenvalue weighted by molar-refractivity contribution is 0.0955. The molecule has 0 unspecified atom stereocenters. The number of carbonyl (C=O) groups is 1. The molecule has 3 rings (SSSR count). The molecule has 2 aromatic carbocycles. The van der Waals surface area contributed by atoms with Crippen molar-refractivity contribution in [1.29, 1.82) is 0 Å². The van der Waals surface area contributed by atoms with Crippen molar-refractivity contribution >= 4 is 12.1 Å². The first-order valence-electron chi connectivity index (χ1n) is 7.89. The Morgan fingerprint density at radius 2 is 1.72 bits per heavy atom. The van der Waals surface area contributed by atoms with Crippen LogP contribution < -0.4 is 5.43 Å². The molecule has 0 atom stereocenters. The normalized spacial score (nSPS) is 11.0. The number of nitrogens with zero attached hydrogens (tertiary/aromatic N) is 2. The summed E-state index contributed by atoms with van der Waals surface area (Å²) in [7, 11) is 0. The van der Waals surface area contributed by atoms with E-state index >= 15 is 0 Å². The summed E-state index contributed by atoms with van der Waals surface area (Å²) in [4.78, 5) is 12.1. The number of rotatable bonds is 4. The van der Waals surface area contributed by atoms with Crippen LogP contribution in [0.15, 0.2) is 65.8 Å². The number of carbonyl (C=O) groups excluding carboxylic acids is 1. The largest absolute Gasteiger partial charge is 0.319 e. The third-order valence-corrected chi connectivity index (χ3v) is 3.89.